The Kier molecular flexibility index (Phi) is 11.2. The Labute approximate surface area is 235 Å². The third-order valence-corrected chi connectivity index (χ3v) is 22.5. The zero-order chi connectivity index (χ0) is 30.1. The maximum Gasteiger partial charge on any atom is 0.217 e. The van der Waals surface area contributed by atoms with E-state index in [9.17, 15) is 10.3 Å². The van der Waals surface area contributed by atoms with Gasteiger partial charge in [-0.05, 0) is 59.9 Å². The summed E-state index contributed by atoms with van der Waals surface area (Å²) in [4.78, 5) is 15.4. The van der Waals surface area contributed by atoms with Gasteiger partial charge in [0.15, 0.2) is 31.2 Å². The molecule has 0 aromatic heterocycles. The van der Waals surface area contributed by atoms with Gasteiger partial charge in [0.1, 0.15) is 12.2 Å². The second-order valence-electron chi connectivity index (χ2n) is 15.3. The fourth-order valence-corrected chi connectivity index (χ4v) is 7.06. The van der Waals surface area contributed by atoms with Crippen LogP contribution in [-0.4, -0.2) is 68.0 Å². The predicted molar refractivity (Wildman–Crippen MR) is 163 cm³/mol. The molecule has 38 heavy (non-hydrogen) atoms. The number of nitrogens with zero attached hydrogens (tertiary/aromatic N) is 3. The largest absolute Gasteiger partial charge is 0.414 e. The molecule has 222 valence electrons. The number of nitrogens with one attached hydrogen (secondary N) is 1. The summed E-state index contributed by atoms with van der Waals surface area (Å²) in [6.45, 7) is 34.6. The molecule has 0 unspecified atom stereocenters. The van der Waals surface area contributed by atoms with Gasteiger partial charge in [-0.2, -0.15) is 0 Å². The number of azide groups is 1. The molecule has 0 aromatic carbocycles. The summed E-state index contributed by atoms with van der Waals surface area (Å²) >= 11 is 0. The molecule has 1 amide bonds. The van der Waals surface area contributed by atoms with Gasteiger partial charge in [0.2, 0.25) is 5.91 Å². The van der Waals surface area contributed by atoms with Crippen LogP contribution < -0.4 is 5.32 Å². The summed E-state index contributed by atoms with van der Waals surface area (Å²) in [5, 5.41) is 6.82. The molecule has 0 spiro atoms. The molecule has 0 saturated carbocycles. The van der Waals surface area contributed by atoms with Gasteiger partial charge in [0, 0.05) is 11.8 Å². The van der Waals surface area contributed by atoms with E-state index in [2.05, 4.69) is 117 Å². The Morgan fingerprint density at radius 2 is 1.26 bits per heavy atom. The highest BCUT2D eigenvalue weighted by molar-refractivity contribution is 6.75. The van der Waals surface area contributed by atoms with Gasteiger partial charge in [-0.25, -0.2) is 0 Å². The number of amides is 1. The van der Waals surface area contributed by atoms with Gasteiger partial charge in [0.05, 0.1) is 18.8 Å². The van der Waals surface area contributed by atoms with E-state index in [0.29, 0.717) is 0 Å². The summed E-state index contributed by atoms with van der Waals surface area (Å²) in [7, 11) is -6.81. The summed E-state index contributed by atoms with van der Waals surface area (Å²) in [6.07, 6.45) is -2.58. The maximum atomic E-state index is 12.4. The molecule has 1 saturated heterocycles. The van der Waals surface area contributed by atoms with Crippen LogP contribution in [0.5, 0.6) is 0 Å². The minimum atomic E-state index is -2.36. The van der Waals surface area contributed by atoms with Gasteiger partial charge in [-0.3, -0.25) is 4.79 Å². The summed E-state index contributed by atoms with van der Waals surface area (Å²) in [5.74, 6) is -0.248. The lowest BCUT2D eigenvalue weighted by Gasteiger charge is -2.53. The standard InChI is InChI=1S/C26H56N4O5Si3/c1-18(31)28-20-22(35-38(15,16)26(8,9)10)21(34-37(13,14)25(5,6)7)19(33-23(20)29-30-27)17-32-36(11,12)24(2,3)4/h19-23H,17H2,1-16H3,(H,28,31)/t19-,20-,21-,22-,23-/m1/s1. The van der Waals surface area contributed by atoms with E-state index in [1.54, 1.807) is 0 Å². The Bertz CT molecular complexity index is 872. The van der Waals surface area contributed by atoms with Crippen molar-refractivity contribution in [1.29, 1.82) is 0 Å². The van der Waals surface area contributed by atoms with Crippen LogP contribution in [0.4, 0.5) is 0 Å². The first-order chi connectivity index (χ1) is 16.8. The Balaban J connectivity index is 3.75. The number of carbonyl (C=O) groups excluding carboxylic acids is 1. The van der Waals surface area contributed by atoms with Crippen molar-refractivity contribution in [3.63, 3.8) is 0 Å². The molecule has 1 N–H and O–H groups in total. The van der Waals surface area contributed by atoms with Crippen molar-refractivity contribution in [2.75, 3.05) is 6.61 Å². The molecule has 1 heterocycles. The molecule has 9 nitrogen and oxygen atoms in total. The highest BCUT2D eigenvalue weighted by Gasteiger charge is 2.54. The smallest absolute Gasteiger partial charge is 0.217 e. The summed E-state index contributed by atoms with van der Waals surface area (Å²) in [5.41, 5.74) is 9.41. The third kappa shape index (κ3) is 8.63. The van der Waals surface area contributed by atoms with E-state index >= 15 is 0 Å². The Morgan fingerprint density at radius 1 is 0.842 bits per heavy atom. The molecule has 1 aliphatic rings. The SMILES string of the molecule is CC(=O)N[C@@H]1[C@@H](O[Si](C)(C)C(C)(C)C)[C@H](O[Si](C)(C)C(C)(C)C)[C@@H](CO[Si](C)(C)C(C)(C)C)O[C@H]1N=[N+]=[N-]. The van der Waals surface area contributed by atoms with Gasteiger partial charge in [-0.1, -0.05) is 67.4 Å². The number of carbonyl (C=O) groups is 1. The van der Waals surface area contributed by atoms with Crippen LogP contribution in [0.15, 0.2) is 5.11 Å². The van der Waals surface area contributed by atoms with Crippen LogP contribution >= 0.6 is 0 Å². The van der Waals surface area contributed by atoms with Crippen molar-refractivity contribution in [3.8, 4) is 0 Å². The van der Waals surface area contributed by atoms with E-state index in [-0.39, 0.29) is 27.6 Å². The van der Waals surface area contributed by atoms with Crippen molar-refractivity contribution in [3.05, 3.63) is 10.4 Å². The van der Waals surface area contributed by atoms with Crippen LogP contribution in [0.2, 0.25) is 54.4 Å². The van der Waals surface area contributed by atoms with Crippen molar-refractivity contribution in [2.45, 2.75) is 154 Å². The van der Waals surface area contributed by atoms with E-state index in [1.165, 1.54) is 6.92 Å². The lowest BCUT2D eigenvalue weighted by molar-refractivity contribution is -0.183. The van der Waals surface area contributed by atoms with Crippen molar-refractivity contribution in [1.82, 2.24) is 5.32 Å². The van der Waals surface area contributed by atoms with Gasteiger partial charge >= 0.3 is 0 Å². The van der Waals surface area contributed by atoms with Crippen molar-refractivity contribution in [2.24, 2.45) is 5.11 Å². The molecular weight excluding hydrogens is 533 g/mol. The van der Waals surface area contributed by atoms with Gasteiger partial charge < -0.3 is 23.3 Å². The monoisotopic (exact) mass is 588 g/mol. The number of hydrogen-bond acceptors (Lipinski definition) is 6. The van der Waals surface area contributed by atoms with Gasteiger partial charge in [-0.15, -0.1) is 0 Å². The van der Waals surface area contributed by atoms with Crippen molar-refractivity contribution >= 4 is 30.9 Å². The Hall–Kier alpha value is -0.729. The molecule has 1 fully saturated rings. The molecule has 1 aliphatic heterocycles. The van der Waals surface area contributed by atoms with Crippen molar-refractivity contribution < 1.29 is 22.8 Å². The highest BCUT2D eigenvalue weighted by Crippen LogP contribution is 2.44. The Morgan fingerprint density at radius 3 is 1.63 bits per heavy atom. The number of rotatable bonds is 9. The molecule has 0 radical (unpaired) electrons. The van der Waals surface area contributed by atoms with Crippen LogP contribution in [0.1, 0.15) is 69.2 Å². The molecular formula is C26H56N4O5Si3. The summed E-state index contributed by atoms with van der Waals surface area (Å²) < 4.78 is 27.2. The maximum absolute atomic E-state index is 12.4. The van der Waals surface area contributed by atoms with E-state index < -0.39 is 55.5 Å². The van der Waals surface area contributed by atoms with Gasteiger partial charge in [0.25, 0.3) is 0 Å². The fraction of sp³-hybridized carbons (Fsp3) is 0.962. The first-order valence-corrected chi connectivity index (χ1v) is 22.5. The van der Waals surface area contributed by atoms with Crippen LogP contribution in [0, 0.1) is 0 Å². The average molecular weight is 589 g/mol. The quantitative estimate of drug-likeness (QED) is 0.131. The van der Waals surface area contributed by atoms with Crippen LogP contribution in [0.25, 0.3) is 10.4 Å². The molecule has 0 aliphatic carbocycles. The zero-order valence-corrected chi connectivity index (χ0v) is 30.0. The minimum Gasteiger partial charge on any atom is -0.414 e. The average Bonchev–Trinajstić information content (AvgIpc) is 2.68. The highest BCUT2D eigenvalue weighted by atomic mass is 28.4. The molecule has 0 bridgehead atoms. The second kappa shape index (κ2) is 12.0. The number of hydrogen-bond donors (Lipinski definition) is 1. The first-order valence-electron chi connectivity index (χ1n) is 13.7. The predicted octanol–water partition coefficient (Wildman–Crippen LogP) is 7.33. The first kappa shape index (κ1) is 35.3. The molecule has 12 heteroatoms. The minimum absolute atomic E-state index is 0.0113. The normalized spacial score (nSPS) is 26.1. The fourth-order valence-electron chi connectivity index (χ4n) is 3.42. The van der Waals surface area contributed by atoms with Crippen LogP contribution in [0.3, 0.4) is 0 Å². The van der Waals surface area contributed by atoms with Crippen LogP contribution in [-0.2, 0) is 22.8 Å². The molecule has 1 rings (SSSR count). The lowest BCUT2D eigenvalue weighted by Crippen LogP contribution is -2.69. The molecule has 0 aromatic rings. The molecule has 5 atom stereocenters. The van der Waals surface area contributed by atoms with E-state index in [1.807, 2.05) is 0 Å². The second-order valence-corrected chi connectivity index (χ2v) is 29.6. The third-order valence-electron chi connectivity index (χ3n) is 9.09. The summed E-state index contributed by atoms with van der Waals surface area (Å²) in [6, 6.07) is -0.698. The topological polar surface area (TPSA) is 115 Å². The number of ether oxygens (including phenoxy) is 1. The lowest BCUT2D eigenvalue weighted by atomic mass is 9.96. The zero-order valence-electron chi connectivity index (χ0n) is 27.0. The van der Waals surface area contributed by atoms with E-state index in [4.69, 9.17) is 18.0 Å². The van der Waals surface area contributed by atoms with E-state index in [0.717, 1.165) is 0 Å².